The van der Waals surface area contributed by atoms with Gasteiger partial charge in [0, 0.05) is 43.4 Å². The highest BCUT2D eigenvalue weighted by Gasteiger charge is 2.53. The standard InChI is InChI=1S/C12H19N3O3S2/c1-3-18-10-4-12(19-6-10)7-15(8-12)20(16,17)11-5-14(2)9-13-11/h5,9-10H,3-4,6-8H2,1-2H3/t10-/m0/s1. The van der Waals surface area contributed by atoms with Gasteiger partial charge in [-0.1, -0.05) is 0 Å². The third kappa shape index (κ3) is 2.38. The van der Waals surface area contributed by atoms with E-state index in [1.165, 1.54) is 10.6 Å². The highest BCUT2D eigenvalue weighted by Crippen LogP contribution is 2.47. The summed E-state index contributed by atoms with van der Waals surface area (Å²) in [6, 6.07) is 0. The molecule has 0 N–H and O–H groups in total. The van der Waals surface area contributed by atoms with Gasteiger partial charge in [0.1, 0.15) is 0 Å². The summed E-state index contributed by atoms with van der Waals surface area (Å²) in [6.45, 7) is 3.85. The third-order valence-corrected chi connectivity index (χ3v) is 7.04. The first-order chi connectivity index (χ1) is 9.45. The molecule has 0 aliphatic carbocycles. The van der Waals surface area contributed by atoms with E-state index in [0.29, 0.717) is 13.1 Å². The number of hydrogen-bond acceptors (Lipinski definition) is 5. The summed E-state index contributed by atoms with van der Waals surface area (Å²) in [6.07, 6.45) is 4.27. The van der Waals surface area contributed by atoms with E-state index in [4.69, 9.17) is 4.74 Å². The van der Waals surface area contributed by atoms with E-state index in [1.807, 2.05) is 18.7 Å². The minimum atomic E-state index is -3.43. The van der Waals surface area contributed by atoms with E-state index < -0.39 is 10.0 Å². The molecule has 0 amide bonds. The Morgan fingerprint density at radius 3 is 2.90 bits per heavy atom. The number of thioether (sulfide) groups is 1. The molecule has 1 spiro atoms. The first-order valence-corrected chi connectivity index (χ1v) is 9.11. The smallest absolute Gasteiger partial charge is 0.262 e. The van der Waals surface area contributed by atoms with Crippen LogP contribution in [0.25, 0.3) is 0 Å². The zero-order valence-electron chi connectivity index (χ0n) is 11.7. The van der Waals surface area contributed by atoms with Gasteiger partial charge in [-0.25, -0.2) is 13.4 Å². The lowest BCUT2D eigenvalue weighted by molar-refractivity contribution is 0.0598. The molecule has 0 aromatic carbocycles. The van der Waals surface area contributed by atoms with E-state index >= 15 is 0 Å². The van der Waals surface area contributed by atoms with E-state index in [1.54, 1.807) is 17.8 Å². The van der Waals surface area contributed by atoms with E-state index in [-0.39, 0.29) is 15.9 Å². The molecule has 8 heteroatoms. The molecule has 2 aliphatic heterocycles. The fraction of sp³-hybridized carbons (Fsp3) is 0.750. The maximum Gasteiger partial charge on any atom is 0.262 e. The molecule has 0 radical (unpaired) electrons. The van der Waals surface area contributed by atoms with Crippen molar-refractivity contribution in [2.24, 2.45) is 7.05 Å². The van der Waals surface area contributed by atoms with Gasteiger partial charge in [0.2, 0.25) is 0 Å². The molecule has 0 unspecified atom stereocenters. The van der Waals surface area contributed by atoms with Gasteiger partial charge in [-0.05, 0) is 13.3 Å². The Hall–Kier alpha value is -0.570. The van der Waals surface area contributed by atoms with Crippen LogP contribution in [0, 0.1) is 0 Å². The summed E-state index contributed by atoms with van der Waals surface area (Å²) in [5.74, 6) is 0.964. The molecular formula is C12H19N3O3S2. The fourth-order valence-electron chi connectivity index (χ4n) is 2.79. The van der Waals surface area contributed by atoms with Gasteiger partial charge in [-0.3, -0.25) is 0 Å². The number of aromatic nitrogens is 2. The zero-order valence-corrected chi connectivity index (χ0v) is 13.3. The molecule has 6 nitrogen and oxygen atoms in total. The van der Waals surface area contributed by atoms with Crippen LogP contribution in [0.4, 0.5) is 0 Å². The summed E-state index contributed by atoms with van der Waals surface area (Å²) in [4.78, 5) is 3.95. The van der Waals surface area contributed by atoms with Crippen LogP contribution in [-0.2, 0) is 21.8 Å². The Balaban J connectivity index is 1.66. The maximum atomic E-state index is 12.4. The average Bonchev–Trinajstić information content (AvgIpc) is 2.94. The van der Waals surface area contributed by atoms with Gasteiger partial charge in [-0.2, -0.15) is 4.31 Å². The van der Waals surface area contributed by atoms with Gasteiger partial charge in [0.05, 0.1) is 12.4 Å². The van der Waals surface area contributed by atoms with Crippen molar-refractivity contribution < 1.29 is 13.2 Å². The lowest BCUT2D eigenvalue weighted by Gasteiger charge is -2.45. The van der Waals surface area contributed by atoms with Crippen molar-refractivity contribution in [1.82, 2.24) is 13.9 Å². The van der Waals surface area contributed by atoms with E-state index in [0.717, 1.165) is 18.8 Å². The van der Waals surface area contributed by atoms with Crippen molar-refractivity contribution in [1.29, 1.82) is 0 Å². The molecule has 1 aromatic rings. The normalized spacial score (nSPS) is 26.0. The number of rotatable bonds is 4. The molecule has 1 atom stereocenters. The van der Waals surface area contributed by atoms with E-state index in [9.17, 15) is 8.42 Å². The van der Waals surface area contributed by atoms with Crippen LogP contribution >= 0.6 is 11.8 Å². The van der Waals surface area contributed by atoms with Gasteiger partial charge >= 0.3 is 0 Å². The van der Waals surface area contributed by atoms with Gasteiger partial charge in [-0.15, -0.1) is 11.8 Å². The number of ether oxygens (including phenoxy) is 1. The van der Waals surface area contributed by atoms with Crippen molar-refractivity contribution in [3.8, 4) is 0 Å². The summed E-state index contributed by atoms with van der Waals surface area (Å²) in [7, 11) is -1.66. The molecule has 0 saturated carbocycles. The molecule has 112 valence electrons. The molecule has 2 saturated heterocycles. The highest BCUT2D eigenvalue weighted by atomic mass is 32.2. The van der Waals surface area contributed by atoms with Crippen LogP contribution in [0.3, 0.4) is 0 Å². The Kier molecular flexibility index (Phi) is 3.60. The Labute approximate surface area is 123 Å². The molecule has 3 heterocycles. The molecule has 2 aliphatic rings. The third-order valence-electron chi connectivity index (χ3n) is 3.79. The molecular weight excluding hydrogens is 298 g/mol. The summed E-state index contributed by atoms with van der Waals surface area (Å²) >= 11 is 1.84. The second-order valence-corrected chi connectivity index (χ2v) is 8.80. The molecule has 1 aromatic heterocycles. The zero-order chi connectivity index (χ0) is 14.4. The lowest BCUT2D eigenvalue weighted by atomic mass is 9.95. The highest BCUT2D eigenvalue weighted by molar-refractivity contribution is 8.01. The summed E-state index contributed by atoms with van der Waals surface area (Å²) < 4.78 is 33.6. The Morgan fingerprint density at radius 1 is 1.55 bits per heavy atom. The van der Waals surface area contributed by atoms with Crippen LogP contribution < -0.4 is 0 Å². The first-order valence-electron chi connectivity index (χ1n) is 6.69. The van der Waals surface area contributed by atoms with Gasteiger partial charge in [0.15, 0.2) is 5.03 Å². The van der Waals surface area contributed by atoms with Crippen LogP contribution in [-0.4, -0.2) is 58.6 Å². The second-order valence-electron chi connectivity index (χ2n) is 5.43. The minimum Gasteiger partial charge on any atom is -0.378 e. The molecule has 20 heavy (non-hydrogen) atoms. The topological polar surface area (TPSA) is 64.4 Å². The Morgan fingerprint density at radius 2 is 2.30 bits per heavy atom. The summed E-state index contributed by atoms with van der Waals surface area (Å²) in [5.41, 5.74) is 0. The van der Waals surface area contributed by atoms with Gasteiger partial charge < -0.3 is 9.30 Å². The Bertz CT molecular complexity index is 593. The predicted octanol–water partition coefficient (Wildman–Crippen LogP) is 0.705. The van der Waals surface area contributed by atoms with Gasteiger partial charge in [0.25, 0.3) is 10.0 Å². The largest absolute Gasteiger partial charge is 0.378 e. The SMILES string of the molecule is CCO[C@@H]1CSC2(C1)CN(S(=O)(=O)c1cn(C)cn1)C2. The first kappa shape index (κ1) is 14.4. The average molecular weight is 317 g/mol. The lowest BCUT2D eigenvalue weighted by Crippen LogP contribution is -2.60. The number of sulfonamides is 1. The van der Waals surface area contributed by atoms with Crippen LogP contribution in [0.2, 0.25) is 0 Å². The summed E-state index contributed by atoms with van der Waals surface area (Å²) in [5, 5.41) is 0.138. The number of hydrogen-bond donors (Lipinski definition) is 0. The van der Waals surface area contributed by atoms with E-state index in [2.05, 4.69) is 4.98 Å². The number of imidazole rings is 1. The quantitative estimate of drug-likeness (QED) is 0.818. The monoisotopic (exact) mass is 317 g/mol. The number of nitrogens with zero attached hydrogens (tertiary/aromatic N) is 3. The minimum absolute atomic E-state index is 0.0572. The molecule has 0 bridgehead atoms. The van der Waals surface area contributed by atoms with Crippen LogP contribution in [0.5, 0.6) is 0 Å². The molecule has 2 fully saturated rings. The van der Waals surface area contributed by atoms with Crippen molar-refractivity contribution in [3.05, 3.63) is 12.5 Å². The fourth-order valence-corrected chi connectivity index (χ4v) is 6.08. The van der Waals surface area contributed by atoms with Crippen molar-refractivity contribution in [3.63, 3.8) is 0 Å². The molecule has 3 rings (SSSR count). The van der Waals surface area contributed by atoms with Crippen LogP contribution in [0.15, 0.2) is 17.6 Å². The maximum absolute atomic E-state index is 12.4. The van der Waals surface area contributed by atoms with Crippen molar-refractivity contribution >= 4 is 21.8 Å². The number of aryl methyl sites for hydroxylation is 1. The van der Waals surface area contributed by atoms with Crippen LogP contribution in [0.1, 0.15) is 13.3 Å². The predicted molar refractivity (Wildman–Crippen MR) is 77.2 cm³/mol. The van der Waals surface area contributed by atoms with Crippen molar-refractivity contribution in [2.75, 3.05) is 25.4 Å². The van der Waals surface area contributed by atoms with Crippen molar-refractivity contribution in [2.45, 2.75) is 29.2 Å². The second kappa shape index (κ2) is 5.01.